The second kappa shape index (κ2) is 18.7. The van der Waals surface area contributed by atoms with Gasteiger partial charge in [-0.2, -0.15) is 0 Å². The van der Waals surface area contributed by atoms with Crippen LogP contribution in [0.3, 0.4) is 0 Å². The van der Waals surface area contributed by atoms with Crippen LogP contribution >= 0.6 is 0 Å². The summed E-state index contributed by atoms with van der Waals surface area (Å²) in [6.45, 7) is 6.47. The third-order valence-corrected chi connectivity index (χ3v) is 6.82. The van der Waals surface area contributed by atoms with Crippen molar-refractivity contribution in [3.8, 4) is 0 Å². The average Bonchev–Trinajstić information content (AvgIpc) is 2.93. The molecule has 0 saturated carbocycles. The summed E-state index contributed by atoms with van der Waals surface area (Å²) in [6.07, 6.45) is 18.6. The Morgan fingerprint density at radius 1 is 1.07 bits per heavy atom. The number of hydrogen-bond acceptors (Lipinski definition) is 5. The SMILES string of the molecule is CCCCCCCCCC(=O)N[C@@H](Cc1cccnc1)C(=O)N[C@H]1/C=C/CCNC(=O)/C=C/[C@H](C(C)C)NC1=O. The molecule has 9 heteroatoms. The summed E-state index contributed by atoms with van der Waals surface area (Å²) < 4.78 is 0. The molecule has 2 rings (SSSR count). The van der Waals surface area contributed by atoms with E-state index in [4.69, 9.17) is 0 Å². The number of aromatic nitrogens is 1. The molecule has 0 aromatic carbocycles. The van der Waals surface area contributed by atoms with E-state index in [0.717, 1.165) is 24.8 Å². The molecule has 40 heavy (non-hydrogen) atoms. The lowest BCUT2D eigenvalue weighted by Gasteiger charge is -2.25. The molecule has 1 aromatic heterocycles. The lowest BCUT2D eigenvalue weighted by molar-refractivity contribution is -0.131. The summed E-state index contributed by atoms with van der Waals surface area (Å²) in [5.74, 6) is -1.20. The predicted octanol–water partition coefficient (Wildman–Crippen LogP) is 3.51. The van der Waals surface area contributed by atoms with Gasteiger partial charge in [0.05, 0.1) is 0 Å². The summed E-state index contributed by atoms with van der Waals surface area (Å²) in [4.78, 5) is 55.6. The highest BCUT2D eigenvalue weighted by atomic mass is 16.2. The molecule has 0 unspecified atom stereocenters. The Bertz CT molecular complexity index is 993. The van der Waals surface area contributed by atoms with Gasteiger partial charge in [0.15, 0.2) is 0 Å². The first-order valence-corrected chi connectivity index (χ1v) is 14.7. The Kier molecular flexibility index (Phi) is 15.3. The van der Waals surface area contributed by atoms with E-state index in [-0.39, 0.29) is 30.1 Å². The lowest BCUT2D eigenvalue weighted by atomic mass is 10.0. The molecule has 0 radical (unpaired) electrons. The molecule has 0 bridgehead atoms. The molecule has 1 aliphatic rings. The van der Waals surface area contributed by atoms with Crippen LogP contribution in [0.1, 0.15) is 84.1 Å². The van der Waals surface area contributed by atoms with Crippen LogP contribution in [0.25, 0.3) is 0 Å². The molecule has 0 fully saturated rings. The van der Waals surface area contributed by atoms with Crippen molar-refractivity contribution < 1.29 is 19.2 Å². The van der Waals surface area contributed by atoms with Gasteiger partial charge in [0, 0.05) is 43.9 Å². The first-order chi connectivity index (χ1) is 19.3. The Morgan fingerprint density at radius 3 is 2.52 bits per heavy atom. The fourth-order valence-corrected chi connectivity index (χ4v) is 4.38. The zero-order valence-electron chi connectivity index (χ0n) is 24.3. The van der Waals surface area contributed by atoms with Gasteiger partial charge in [-0.25, -0.2) is 0 Å². The van der Waals surface area contributed by atoms with Crippen LogP contribution in [-0.4, -0.2) is 53.3 Å². The molecule has 2 heterocycles. The van der Waals surface area contributed by atoms with Crippen LogP contribution in [0.4, 0.5) is 0 Å². The fourth-order valence-electron chi connectivity index (χ4n) is 4.38. The molecule has 0 saturated heterocycles. The molecular weight excluding hydrogens is 506 g/mol. The minimum absolute atomic E-state index is 0.0283. The van der Waals surface area contributed by atoms with Gasteiger partial charge >= 0.3 is 0 Å². The standard InChI is InChI=1S/C31H47N5O4/c1-4-5-6-7-8-9-10-16-29(38)34-27(21-24-14-13-19-32-22-24)31(40)36-26-15-11-12-20-33-28(37)18-17-25(23(2)3)35-30(26)39/h11,13-15,17-19,22-23,25-27H,4-10,12,16,20-21H2,1-3H3,(H,33,37)(H,34,38)(H,35,39)(H,36,40)/b15-11+,18-17+/t25-,26+,27+/m1/s1. The molecule has 4 N–H and O–H groups in total. The molecule has 220 valence electrons. The number of unbranched alkanes of at least 4 members (excludes halogenated alkanes) is 6. The van der Waals surface area contributed by atoms with E-state index < -0.39 is 24.0 Å². The normalized spacial score (nSPS) is 20.3. The van der Waals surface area contributed by atoms with Gasteiger partial charge in [-0.3, -0.25) is 24.2 Å². The number of rotatable bonds is 14. The number of hydrogen-bond donors (Lipinski definition) is 4. The van der Waals surface area contributed by atoms with Crippen molar-refractivity contribution in [1.82, 2.24) is 26.3 Å². The van der Waals surface area contributed by atoms with E-state index in [1.165, 1.54) is 31.8 Å². The molecule has 0 spiro atoms. The highest BCUT2D eigenvalue weighted by Crippen LogP contribution is 2.10. The maximum atomic E-state index is 13.5. The van der Waals surface area contributed by atoms with Crippen LogP contribution in [-0.2, 0) is 25.6 Å². The van der Waals surface area contributed by atoms with Crippen molar-refractivity contribution in [3.63, 3.8) is 0 Å². The number of amides is 4. The number of nitrogens with zero attached hydrogens (tertiary/aromatic N) is 1. The maximum Gasteiger partial charge on any atom is 0.247 e. The molecular formula is C31H47N5O4. The Labute approximate surface area is 239 Å². The highest BCUT2D eigenvalue weighted by Gasteiger charge is 2.27. The second-order valence-electron chi connectivity index (χ2n) is 10.7. The van der Waals surface area contributed by atoms with Gasteiger partial charge in [0.2, 0.25) is 23.6 Å². The Hall–Kier alpha value is -3.49. The molecule has 1 aliphatic heterocycles. The van der Waals surface area contributed by atoms with E-state index in [1.54, 1.807) is 36.7 Å². The largest absolute Gasteiger partial charge is 0.352 e. The van der Waals surface area contributed by atoms with E-state index in [2.05, 4.69) is 33.2 Å². The summed E-state index contributed by atoms with van der Waals surface area (Å²) >= 11 is 0. The zero-order chi connectivity index (χ0) is 29.2. The minimum atomic E-state index is -0.936. The molecule has 1 aromatic rings. The fraction of sp³-hybridized carbons (Fsp3) is 0.581. The van der Waals surface area contributed by atoms with Crippen LogP contribution in [0.5, 0.6) is 0 Å². The van der Waals surface area contributed by atoms with Crippen molar-refractivity contribution in [1.29, 1.82) is 0 Å². The van der Waals surface area contributed by atoms with Gasteiger partial charge in [0.1, 0.15) is 12.1 Å². The van der Waals surface area contributed by atoms with Gasteiger partial charge < -0.3 is 21.3 Å². The first-order valence-electron chi connectivity index (χ1n) is 14.7. The van der Waals surface area contributed by atoms with Gasteiger partial charge in [0.25, 0.3) is 0 Å². The number of carbonyl (C=O) groups excluding carboxylic acids is 4. The van der Waals surface area contributed by atoms with Gasteiger partial charge in [-0.05, 0) is 30.4 Å². The van der Waals surface area contributed by atoms with Crippen LogP contribution in [0, 0.1) is 5.92 Å². The third-order valence-electron chi connectivity index (χ3n) is 6.82. The number of carbonyl (C=O) groups is 4. The van der Waals surface area contributed by atoms with E-state index in [0.29, 0.717) is 19.4 Å². The van der Waals surface area contributed by atoms with Crippen LogP contribution in [0.2, 0.25) is 0 Å². The molecule has 9 nitrogen and oxygen atoms in total. The van der Waals surface area contributed by atoms with Gasteiger partial charge in [-0.15, -0.1) is 0 Å². The lowest BCUT2D eigenvalue weighted by Crippen LogP contribution is -2.55. The third kappa shape index (κ3) is 13.0. The van der Waals surface area contributed by atoms with E-state index in [1.807, 2.05) is 19.9 Å². The summed E-state index contributed by atoms with van der Waals surface area (Å²) in [5, 5.41) is 11.4. The average molecular weight is 554 g/mol. The van der Waals surface area contributed by atoms with Crippen molar-refractivity contribution in [2.24, 2.45) is 5.92 Å². The zero-order valence-corrected chi connectivity index (χ0v) is 24.3. The highest BCUT2D eigenvalue weighted by molar-refractivity contribution is 5.93. The summed E-state index contributed by atoms with van der Waals surface area (Å²) in [5.41, 5.74) is 0.804. The van der Waals surface area contributed by atoms with Gasteiger partial charge in [-0.1, -0.05) is 83.6 Å². The first kappa shape index (κ1) is 32.7. The topological polar surface area (TPSA) is 129 Å². The molecule has 0 aliphatic carbocycles. The van der Waals surface area contributed by atoms with Crippen LogP contribution < -0.4 is 21.3 Å². The number of nitrogens with one attached hydrogen (secondary N) is 4. The Balaban J connectivity index is 2.09. The summed E-state index contributed by atoms with van der Waals surface area (Å²) in [6, 6.07) is 1.45. The molecule has 4 amide bonds. The van der Waals surface area contributed by atoms with E-state index >= 15 is 0 Å². The minimum Gasteiger partial charge on any atom is -0.352 e. The second-order valence-corrected chi connectivity index (χ2v) is 10.7. The molecule has 3 atom stereocenters. The van der Waals surface area contributed by atoms with Crippen molar-refractivity contribution in [2.75, 3.05) is 6.54 Å². The van der Waals surface area contributed by atoms with Crippen molar-refractivity contribution >= 4 is 23.6 Å². The van der Waals surface area contributed by atoms with Crippen molar-refractivity contribution in [3.05, 3.63) is 54.4 Å². The van der Waals surface area contributed by atoms with Crippen LogP contribution in [0.15, 0.2) is 48.8 Å². The van der Waals surface area contributed by atoms with Crippen molar-refractivity contribution in [2.45, 2.75) is 103 Å². The Morgan fingerprint density at radius 2 is 1.82 bits per heavy atom. The maximum absolute atomic E-state index is 13.5. The summed E-state index contributed by atoms with van der Waals surface area (Å²) in [7, 11) is 0. The van der Waals surface area contributed by atoms with E-state index in [9.17, 15) is 19.2 Å². The monoisotopic (exact) mass is 553 g/mol. The predicted molar refractivity (Wildman–Crippen MR) is 157 cm³/mol. The quantitative estimate of drug-likeness (QED) is 0.207. The smallest absolute Gasteiger partial charge is 0.247 e. The number of pyridine rings is 1.